The van der Waals surface area contributed by atoms with Gasteiger partial charge in [0.1, 0.15) is 18.1 Å². The van der Waals surface area contributed by atoms with Gasteiger partial charge < -0.3 is 37.6 Å². The number of carboxylic acids is 2. The molecule has 0 fully saturated rings. The summed E-state index contributed by atoms with van der Waals surface area (Å²) in [5.41, 5.74) is 11.0. The number of amides is 4. The van der Waals surface area contributed by atoms with E-state index in [0.717, 1.165) is 0 Å². The van der Waals surface area contributed by atoms with E-state index < -0.39 is 72.1 Å². The maximum atomic E-state index is 12.9. The van der Waals surface area contributed by atoms with Crippen LogP contribution in [0.3, 0.4) is 0 Å². The molecule has 9 N–H and O–H groups in total. The molecule has 0 saturated carbocycles. The number of carboxylic acid groups (broad SMARTS) is 2. The molecule has 5 atom stereocenters. The second-order valence-electron chi connectivity index (χ2n) is 8.21. The van der Waals surface area contributed by atoms with Crippen molar-refractivity contribution in [2.45, 2.75) is 77.5 Å². The van der Waals surface area contributed by atoms with Gasteiger partial charge in [-0.15, -0.1) is 0 Å². The largest absolute Gasteiger partial charge is 0.481 e. The SMILES string of the molecule is CCC(C)C(N)C(=O)NC(CCC(N)=O)C(=O)NC(C(=O)NC(CC(=O)O)C(=O)O)C(C)C. The molecule has 0 bridgehead atoms. The quantitative estimate of drug-likeness (QED) is 0.143. The Morgan fingerprint density at radius 2 is 1.39 bits per heavy atom. The zero-order valence-corrected chi connectivity index (χ0v) is 19.3. The van der Waals surface area contributed by atoms with Crippen LogP contribution in [0, 0.1) is 11.8 Å². The van der Waals surface area contributed by atoms with Crippen molar-refractivity contribution in [2.75, 3.05) is 0 Å². The molecule has 13 heteroatoms. The summed E-state index contributed by atoms with van der Waals surface area (Å²) in [6, 6.07) is -5.09. The molecule has 0 aliphatic carbocycles. The van der Waals surface area contributed by atoms with Crippen molar-refractivity contribution in [2.24, 2.45) is 23.3 Å². The maximum absolute atomic E-state index is 12.9. The van der Waals surface area contributed by atoms with Crippen LogP contribution in [0.4, 0.5) is 0 Å². The summed E-state index contributed by atoms with van der Waals surface area (Å²) in [5.74, 6) is -6.73. The fourth-order valence-electron chi connectivity index (χ4n) is 2.76. The number of carbonyl (C=O) groups is 6. The second kappa shape index (κ2) is 14.0. The summed E-state index contributed by atoms with van der Waals surface area (Å²) < 4.78 is 0. The Hall–Kier alpha value is -3.22. The summed E-state index contributed by atoms with van der Waals surface area (Å²) in [6.07, 6.45) is -0.618. The average molecular weight is 474 g/mol. The minimum Gasteiger partial charge on any atom is -0.481 e. The monoisotopic (exact) mass is 473 g/mol. The number of nitrogens with one attached hydrogen (secondary N) is 3. The maximum Gasteiger partial charge on any atom is 0.326 e. The van der Waals surface area contributed by atoms with Crippen molar-refractivity contribution in [3.8, 4) is 0 Å². The average Bonchev–Trinajstić information content (AvgIpc) is 2.71. The molecule has 0 saturated heterocycles. The molecule has 188 valence electrons. The van der Waals surface area contributed by atoms with E-state index in [9.17, 15) is 28.8 Å². The molecule has 0 heterocycles. The van der Waals surface area contributed by atoms with Crippen molar-refractivity contribution in [3.63, 3.8) is 0 Å². The fraction of sp³-hybridized carbons (Fsp3) is 0.700. The molecule has 0 radical (unpaired) electrons. The number of hydrogen-bond acceptors (Lipinski definition) is 7. The summed E-state index contributed by atoms with van der Waals surface area (Å²) in [4.78, 5) is 71.2. The van der Waals surface area contributed by atoms with E-state index in [-0.39, 0.29) is 18.8 Å². The molecule has 0 aliphatic rings. The molecule has 0 aromatic heterocycles. The first-order chi connectivity index (χ1) is 15.2. The number of aliphatic carboxylic acids is 2. The molecule has 0 aliphatic heterocycles. The number of hydrogen-bond donors (Lipinski definition) is 7. The Labute approximate surface area is 192 Å². The van der Waals surface area contributed by atoms with Gasteiger partial charge in [0.15, 0.2) is 0 Å². The van der Waals surface area contributed by atoms with Gasteiger partial charge in [-0.3, -0.25) is 24.0 Å². The van der Waals surface area contributed by atoms with Crippen LogP contribution in [0.15, 0.2) is 0 Å². The summed E-state index contributed by atoms with van der Waals surface area (Å²) in [6.45, 7) is 6.76. The van der Waals surface area contributed by atoms with Gasteiger partial charge in [-0.25, -0.2) is 4.79 Å². The zero-order valence-electron chi connectivity index (χ0n) is 19.3. The van der Waals surface area contributed by atoms with Crippen LogP contribution in [-0.2, 0) is 28.8 Å². The van der Waals surface area contributed by atoms with E-state index >= 15 is 0 Å². The highest BCUT2D eigenvalue weighted by Crippen LogP contribution is 2.09. The van der Waals surface area contributed by atoms with Gasteiger partial charge in [0, 0.05) is 6.42 Å². The topological polar surface area (TPSA) is 231 Å². The lowest BCUT2D eigenvalue weighted by Gasteiger charge is -2.27. The Bertz CT molecular complexity index is 742. The highest BCUT2D eigenvalue weighted by molar-refractivity contribution is 5.95. The Morgan fingerprint density at radius 3 is 1.82 bits per heavy atom. The summed E-state index contributed by atoms with van der Waals surface area (Å²) in [7, 11) is 0. The third kappa shape index (κ3) is 10.8. The van der Waals surface area contributed by atoms with Gasteiger partial charge in [-0.1, -0.05) is 34.1 Å². The lowest BCUT2D eigenvalue weighted by molar-refractivity contribution is -0.147. The van der Waals surface area contributed by atoms with Gasteiger partial charge in [0.2, 0.25) is 23.6 Å². The molecule has 0 spiro atoms. The van der Waals surface area contributed by atoms with E-state index in [1.165, 1.54) is 0 Å². The molecule has 0 rings (SSSR count). The molecule has 5 unspecified atom stereocenters. The van der Waals surface area contributed by atoms with E-state index in [1.807, 2.05) is 6.92 Å². The Kier molecular flexibility index (Phi) is 12.7. The van der Waals surface area contributed by atoms with Crippen molar-refractivity contribution in [1.82, 2.24) is 16.0 Å². The van der Waals surface area contributed by atoms with Gasteiger partial charge in [0.25, 0.3) is 0 Å². The van der Waals surface area contributed by atoms with E-state index in [4.69, 9.17) is 21.7 Å². The fourth-order valence-corrected chi connectivity index (χ4v) is 2.76. The standard InChI is InChI=1S/C20H35N5O8/c1-5-10(4)15(22)18(30)23-11(6-7-13(21)26)17(29)25-16(9(2)3)19(31)24-12(20(32)33)8-14(27)28/h9-12,15-16H,5-8,22H2,1-4H3,(H2,21,26)(H,23,30)(H,24,31)(H,25,29)(H,27,28)(H,32,33). The van der Waals surface area contributed by atoms with Crippen LogP contribution in [0.5, 0.6) is 0 Å². The molecule has 13 nitrogen and oxygen atoms in total. The zero-order chi connectivity index (χ0) is 25.9. The van der Waals surface area contributed by atoms with Gasteiger partial charge in [-0.2, -0.15) is 0 Å². The van der Waals surface area contributed by atoms with Crippen LogP contribution in [-0.4, -0.2) is 69.9 Å². The molecular formula is C20H35N5O8. The minimum atomic E-state index is -1.70. The number of nitrogens with two attached hydrogens (primary N) is 2. The minimum absolute atomic E-state index is 0.149. The Morgan fingerprint density at radius 1 is 0.848 bits per heavy atom. The Balaban J connectivity index is 5.54. The number of carbonyl (C=O) groups excluding carboxylic acids is 4. The van der Waals surface area contributed by atoms with Gasteiger partial charge in [0.05, 0.1) is 12.5 Å². The molecule has 0 aromatic carbocycles. The van der Waals surface area contributed by atoms with Crippen molar-refractivity contribution in [3.05, 3.63) is 0 Å². The molecular weight excluding hydrogens is 438 g/mol. The van der Waals surface area contributed by atoms with Crippen LogP contribution in [0.25, 0.3) is 0 Å². The van der Waals surface area contributed by atoms with E-state index in [1.54, 1.807) is 20.8 Å². The van der Waals surface area contributed by atoms with E-state index in [2.05, 4.69) is 16.0 Å². The third-order valence-electron chi connectivity index (χ3n) is 5.11. The van der Waals surface area contributed by atoms with Crippen LogP contribution in [0.1, 0.15) is 53.4 Å². The van der Waals surface area contributed by atoms with Crippen molar-refractivity contribution in [1.29, 1.82) is 0 Å². The molecule has 4 amide bonds. The third-order valence-corrected chi connectivity index (χ3v) is 5.11. The normalized spacial score (nSPS) is 15.5. The lowest BCUT2D eigenvalue weighted by atomic mass is 9.98. The van der Waals surface area contributed by atoms with Crippen molar-refractivity contribution < 1.29 is 39.0 Å². The molecule has 0 aromatic rings. The molecule has 33 heavy (non-hydrogen) atoms. The van der Waals surface area contributed by atoms with Crippen LogP contribution >= 0.6 is 0 Å². The first-order valence-corrected chi connectivity index (χ1v) is 10.6. The number of primary amides is 1. The van der Waals surface area contributed by atoms with Gasteiger partial charge in [-0.05, 0) is 18.3 Å². The predicted octanol–water partition coefficient (Wildman–Crippen LogP) is -1.70. The second-order valence-corrected chi connectivity index (χ2v) is 8.21. The van der Waals surface area contributed by atoms with Crippen LogP contribution < -0.4 is 27.4 Å². The summed E-state index contributed by atoms with van der Waals surface area (Å²) in [5, 5.41) is 24.9. The van der Waals surface area contributed by atoms with Gasteiger partial charge >= 0.3 is 11.9 Å². The van der Waals surface area contributed by atoms with Crippen LogP contribution in [0.2, 0.25) is 0 Å². The predicted molar refractivity (Wildman–Crippen MR) is 116 cm³/mol. The first-order valence-electron chi connectivity index (χ1n) is 10.6. The highest BCUT2D eigenvalue weighted by Gasteiger charge is 2.33. The van der Waals surface area contributed by atoms with Crippen molar-refractivity contribution >= 4 is 35.6 Å². The lowest BCUT2D eigenvalue weighted by Crippen LogP contribution is -2.59. The highest BCUT2D eigenvalue weighted by atomic mass is 16.4. The first kappa shape index (κ1) is 29.8. The number of rotatable bonds is 15. The van der Waals surface area contributed by atoms with E-state index in [0.29, 0.717) is 6.42 Å². The summed E-state index contributed by atoms with van der Waals surface area (Å²) >= 11 is 0. The smallest absolute Gasteiger partial charge is 0.326 e.